The molecule has 82 valence electrons. The maximum Gasteiger partial charge on any atom is 0.217 e. The molecule has 1 aromatic heterocycles. The molecule has 0 bridgehead atoms. The summed E-state index contributed by atoms with van der Waals surface area (Å²) < 4.78 is 12.7. The van der Waals surface area contributed by atoms with Crippen LogP contribution >= 0.6 is 0 Å². The zero-order valence-electron chi connectivity index (χ0n) is 8.78. The Labute approximate surface area is 88.5 Å². The second-order valence-electron chi connectivity index (χ2n) is 3.86. The second kappa shape index (κ2) is 4.53. The van der Waals surface area contributed by atoms with Crippen LogP contribution in [0.5, 0.6) is 0 Å². The van der Waals surface area contributed by atoms with Crippen molar-refractivity contribution >= 4 is 5.82 Å². The fourth-order valence-corrected chi connectivity index (χ4v) is 1.49. The summed E-state index contributed by atoms with van der Waals surface area (Å²) in [4.78, 5) is 9.62. The van der Waals surface area contributed by atoms with E-state index in [0.29, 0.717) is 5.82 Å². The number of rotatable bonds is 5. The highest BCUT2D eigenvalue weighted by molar-refractivity contribution is 5.31. The lowest BCUT2D eigenvalue weighted by Gasteiger charge is -2.15. The normalized spacial score (nSPS) is 15.7. The van der Waals surface area contributed by atoms with Gasteiger partial charge >= 0.3 is 0 Å². The second-order valence-corrected chi connectivity index (χ2v) is 3.86. The standard InChI is InChI=1S/C10H15FN4/c1-15(8-2-3-8)5-4-12-10-6-9(11)13-7-14-10/h6-8H,2-5H2,1H3,(H,12,13,14). The Morgan fingerprint density at radius 1 is 1.53 bits per heavy atom. The van der Waals surface area contributed by atoms with E-state index in [2.05, 4.69) is 27.2 Å². The largest absolute Gasteiger partial charge is 0.369 e. The van der Waals surface area contributed by atoms with Crippen LogP contribution in [0.25, 0.3) is 0 Å². The highest BCUT2D eigenvalue weighted by Gasteiger charge is 2.25. The molecule has 1 saturated carbocycles. The van der Waals surface area contributed by atoms with Crippen molar-refractivity contribution in [3.63, 3.8) is 0 Å². The van der Waals surface area contributed by atoms with Gasteiger partial charge in [-0.1, -0.05) is 0 Å². The number of likely N-dealkylation sites (N-methyl/N-ethyl adjacent to an activating group) is 1. The molecule has 0 spiro atoms. The monoisotopic (exact) mass is 210 g/mol. The Hall–Kier alpha value is -1.23. The zero-order chi connectivity index (χ0) is 10.7. The minimum Gasteiger partial charge on any atom is -0.369 e. The first kappa shape index (κ1) is 10.3. The number of halogens is 1. The van der Waals surface area contributed by atoms with E-state index in [4.69, 9.17) is 0 Å². The summed E-state index contributed by atoms with van der Waals surface area (Å²) in [5, 5.41) is 3.07. The molecule has 1 aromatic rings. The molecule has 0 aliphatic heterocycles. The molecule has 2 rings (SSSR count). The lowest BCUT2D eigenvalue weighted by atomic mass is 10.5. The summed E-state index contributed by atoms with van der Waals surface area (Å²) in [7, 11) is 2.11. The van der Waals surface area contributed by atoms with Gasteiger partial charge in [0.1, 0.15) is 12.1 Å². The highest BCUT2D eigenvalue weighted by atomic mass is 19.1. The lowest BCUT2D eigenvalue weighted by Crippen LogP contribution is -2.27. The topological polar surface area (TPSA) is 41.0 Å². The molecule has 1 aliphatic rings. The predicted molar refractivity (Wildman–Crippen MR) is 56.1 cm³/mol. The molecule has 0 atom stereocenters. The fourth-order valence-electron chi connectivity index (χ4n) is 1.49. The number of nitrogens with one attached hydrogen (secondary N) is 1. The highest BCUT2D eigenvalue weighted by Crippen LogP contribution is 2.24. The maximum atomic E-state index is 12.7. The van der Waals surface area contributed by atoms with E-state index in [1.807, 2.05) is 0 Å². The van der Waals surface area contributed by atoms with E-state index in [1.165, 1.54) is 25.2 Å². The molecular weight excluding hydrogens is 195 g/mol. The average molecular weight is 210 g/mol. The minimum atomic E-state index is -0.497. The van der Waals surface area contributed by atoms with Crippen LogP contribution in [0, 0.1) is 5.95 Å². The molecule has 0 radical (unpaired) electrons. The Morgan fingerprint density at radius 2 is 2.33 bits per heavy atom. The van der Waals surface area contributed by atoms with Gasteiger partial charge in [0.2, 0.25) is 5.95 Å². The first-order valence-electron chi connectivity index (χ1n) is 5.17. The van der Waals surface area contributed by atoms with Crippen molar-refractivity contribution in [1.29, 1.82) is 0 Å². The Balaban J connectivity index is 1.73. The van der Waals surface area contributed by atoms with Crippen LogP contribution < -0.4 is 5.32 Å². The van der Waals surface area contributed by atoms with Crippen molar-refractivity contribution in [2.45, 2.75) is 18.9 Å². The van der Waals surface area contributed by atoms with Crippen molar-refractivity contribution in [3.8, 4) is 0 Å². The Morgan fingerprint density at radius 3 is 3.00 bits per heavy atom. The van der Waals surface area contributed by atoms with Gasteiger partial charge in [0, 0.05) is 25.2 Å². The molecule has 4 nitrogen and oxygen atoms in total. The van der Waals surface area contributed by atoms with Gasteiger partial charge in [0.05, 0.1) is 0 Å². The molecule has 0 aromatic carbocycles. The number of aromatic nitrogens is 2. The van der Waals surface area contributed by atoms with E-state index < -0.39 is 5.95 Å². The Kier molecular flexibility index (Phi) is 3.11. The molecule has 1 fully saturated rings. The van der Waals surface area contributed by atoms with Gasteiger partial charge in [0.15, 0.2) is 0 Å². The van der Waals surface area contributed by atoms with Crippen LogP contribution in [0.2, 0.25) is 0 Å². The molecule has 0 unspecified atom stereocenters. The summed E-state index contributed by atoms with van der Waals surface area (Å²) in [6, 6.07) is 2.06. The first-order chi connectivity index (χ1) is 7.25. The molecule has 1 N–H and O–H groups in total. The third-order valence-corrected chi connectivity index (χ3v) is 2.57. The van der Waals surface area contributed by atoms with E-state index >= 15 is 0 Å². The van der Waals surface area contributed by atoms with Crippen molar-refractivity contribution < 1.29 is 4.39 Å². The zero-order valence-corrected chi connectivity index (χ0v) is 8.78. The van der Waals surface area contributed by atoms with Gasteiger partial charge in [-0.25, -0.2) is 9.97 Å². The quantitative estimate of drug-likeness (QED) is 0.739. The summed E-state index contributed by atoms with van der Waals surface area (Å²) in [6.07, 6.45) is 3.83. The summed E-state index contributed by atoms with van der Waals surface area (Å²) >= 11 is 0. The molecule has 5 heteroatoms. The summed E-state index contributed by atoms with van der Waals surface area (Å²) in [5.74, 6) is 0.0507. The molecule has 0 amide bonds. The van der Waals surface area contributed by atoms with E-state index in [-0.39, 0.29) is 0 Å². The molecule has 15 heavy (non-hydrogen) atoms. The van der Waals surface area contributed by atoms with Gasteiger partial charge in [-0.2, -0.15) is 4.39 Å². The molecule has 1 aliphatic carbocycles. The molecule has 1 heterocycles. The van der Waals surface area contributed by atoms with Crippen LogP contribution in [0.1, 0.15) is 12.8 Å². The SMILES string of the molecule is CN(CCNc1cc(F)ncn1)C1CC1. The van der Waals surface area contributed by atoms with Gasteiger partial charge in [-0.15, -0.1) is 0 Å². The van der Waals surface area contributed by atoms with E-state index in [0.717, 1.165) is 19.1 Å². The lowest BCUT2D eigenvalue weighted by molar-refractivity contribution is 0.337. The van der Waals surface area contributed by atoms with Gasteiger partial charge in [-0.3, -0.25) is 0 Å². The maximum absolute atomic E-state index is 12.7. The number of hydrogen-bond donors (Lipinski definition) is 1. The summed E-state index contributed by atoms with van der Waals surface area (Å²) in [6.45, 7) is 1.74. The van der Waals surface area contributed by atoms with Crippen LogP contribution in [-0.2, 0) is 0 Å². The van der Waals surface area contributed by atoms with Crippen LogP contribution in [0.4, 0.5) is 10.2 Å². The van der Waals surface area contributed by atoms with Crippen LogP contribution in [-0.4, -0.2) is 41.0 Å². The number of nitrogens with zero attached hydrogens (tertiary/aromatic N) is 3. The predicted octanol–water partition coefficient (Wildman–Crippen LogP) is 1.12. The van der Waals surface area contributed by atoms with Crippen LogP contribution in [0.3, 0.4) is 0 Å². The fraction of sp³-hybridized carbons (Fsp3) is 0.600. The smallest absolute Gasteiger partial charge is 0.217 e. The molecule has 0 saturated heterocycles. The third-order valence-electron chi connectivity index (χ3n) is 2.57. The third kappa shape index (κ3) is 3.13. The number of anilines is 1. The van der Waals surface area contributed by atoms with Gasteiger partial charge in [0.25, 0.3) is 0 Å². The van der Waals surface area contributed by atoms with Gasteiger partial charge < -0.3 is 10.2 Å². The average Bonchev–Trinajstić information content (AvgIpc) is 3.00. The number of hydrogen-bond acceptors (Lipinski definition) is 4. The van der Waals surface area contributed by atoms with Gasteiger partial charge in [-0.05, 0) is 19.9 Å². The van der Waals surface area contributed by atoms with Crippen molar-refractivity contribution in [1.82, 2.24) is 14.9 Å². The first-order valence-corrected chi connectivity index (χ1v) is 5.17. The van der Waals surface area contributed by atoms with Crippen molar-refractivity contribution in [2.75, 3.05) is 25.5 Å². The van der Waals surface area contributed by atoms with E-state index in [1.54, 1.807) is 0 Å². The summed E-state index contributed by atoms with van der Waals surface area (Å²) in [5.41, 5.74) is 0. The Bertz CT molecular complexity index is 327. The molecular formula is C10H15FN4. The van der Waals surface area contributed by atoms with Crippen LogP contribution in [0.15, 0.2) is 12.4 Å². The minimum absolute atomic E-state index is 0.497. The van der Waals surface area contributed by atoms with E-state index in [9.17, 15) is 4.39 Å². The van der Waals surface area contributed by atoms with Crippen molar-refractivity contribution in [3.05, 3.63) is 18.3 Å². The van der Waals surface area contributed by atoms with Crippen molar-refractivity contribution in [2.24, 2.45) is 0 Å².